The Morgan fingerprint density at radius 1 is 1.10 bits per heavy atom. The molecule has 0 unspecified atom stereocenters. The lowest BCUT2D eigenvalue weighted by atomic mass is 9.95. The van der Waals surface area contributed by atoms with Crippen molar-refractivity contribution < 1.29 is 9.59 Å². The first-order valence-corrected chi connectivity index (χ1v) is 8.49. The summed E-state index contributed by atoms with van der Waals surface area (Å²) in [6, 6.07) is 0.662. The van der Waals surface area contributed by atoms with Crippen LogP contribution < -0.4 is 10.6 Å². The number of carbonyl (C=O) groups is 2. The number of unbranched alkanes of at least 4 members (excludes halogenated alkanes) is 1. The molecule has 1 saturated heterocycles. The van der Waals surface area contributed by atoms with E-state index in [1.807, 2.05) is 4.90 Å². The second kappa shape index (κ2) is 8.37. The Kier molecular flexibility index (Phi) is 6.49. The number of piperidine rings is 1. The highest BCUT2D eigenvalue weighted by molar-refractivity contribution is 5.80. The van der Waals surface area contributed by atoms with Gasteiger partial charge in [0.2, 0.25) is 11.8 Å². The van der Waals surface area contributed by atoms with E-state index in [1.54, 1.807) is 0 Å². The molecular formula is C16H29N3O2. The third-order valence-corrected chi connectivity index (χ3v) is 4.40. The molecule has 2 amide bonds. The molecule has 0 spiro atoms. The van der Waals surface area contributed by atoms with Gasteiger partial charge >= 0.3 is 0 Å². The van der Waals surface area contributed by atoms with Crippen molar-refractivity contribution in [2.24, 2.45) is 5.92 Å². The van der Waals surface area contributed by atoms with Crippen LogP contribution in [0.2, 0.25) is 0 Å². The number of amides is 2. The van der Waals surface area contributed by atoms with Crippen LogP contribution >= 0.6 is 0 Å². The molecule has 5 nitrogen and oxygen atoms in total. The van der Waals surface area contributed by atoms with E-state index in [1.165, 1.54) is 12.8 Å². The third kappa shape index (κ3) is 5.65. The summed E-state index contributed by atoms with van der Waals surface area (Å²) in [5.74, 6) is 0.495. The van der Waals surface area contributed by atoms with Gasteiger partial charge in [-0.05, 0) is 32.1 Å². The van der Waals surface area contributed by atoms with E-state index in [4.69, 9.17) is 0 Å². The van der Waals surface area contributed by atoms with Crippen LogP contribution in [0.5, 0.6) is 0 Å². The molecule has 1 aliphatic carbocycles. The first kappa shape index (κ1) is 16.3. The maximum absolute atomic E-state index is 12.1. The van der Waals surface area contributed by atoms with Gasteiger partial charge in [0.25, 0.3) is 0 Å². The maximum atomic E-state index is 12.1. The number of carbonyl (C=O) groups excluding carboxylic acids is 2. The lowest BCUT2D eigenvalue weighted by Gasteiger charge is -2.31. The molecule has 1 heterocycles. The predicted octanol–water partition coefficient (Wildman–Crippen LogP) is 1.28. The molecule has 2 fully saturated rings. The average Bonchev–Trinajstić information content (AvgIpc) is 3.31. The van der Waals surface area contributed by atoms with Crippen molar-refractivity contribution in [2.75, 3.05) is 26.2 Å². The van der Waals surface area contributed by atoms with Gasteiger partial charge in [0.15, 0.2) is 0 Å². The van der Waals surface area contributed by atoms with Crippen molar-refractivity contribution in [3.8, 4) is 0 Å². The average molecular weight is 295 g/mol. The van der Waals surface area contributed by atoms with E-state index in [2.05, 4.69) is 17.6 Å². The zero-order chi connectivity index (χ0) is 15.1. The Morgan fingerprint density at radius 2 is 1.81 bits per heavy atom. The fourth-order valence-corrected chi connectivity index (χ4v) is 2.75. The smallest absolute Gasteiger partial charge is 0.223 e. The first-order chi connectivity index (χ1) is 10.2. The van der Waals surface area contributed by atoms with Crippen LogP contribution in [0.15, 0.2) is 0 Å². The number of nitrogens with one attached hydrogen (secondary N) is 2. The quantitative estimate of drug-likeness (QED) is 0.663. The largest absolute Gasteiger partial charge is 0.356 e. The number of nitrogens with zero attached hydrogens (tertiary/aromatic N) is 1. The number of rotatable bonds is 8. The molecule has 2 rings (SSSR count). The summed E-state index contributed by atoms with van der Waals surface area (Å²) in [5, 5.41) is 6.37. The van der Waals surface area contributed by atoms with E-state index >= 15 is 0 Å². The summed E-state index contributed by atoms with van der Waals surface area (Å²) in [6.07, 6.45) is 6.85. The highest BCUT2D eigenvalue weighted by atomic mass is 16.2. The molecule has 120 valence electrons. The lowest BCUT2D eigenvalue weighted by molar-refractivity contribution is -0.135. The molecule has 1 saturated carbocycles. The van der Waals surface area contributed by atoms with Gasteiger partial charge in [-0.2, -0.15) is 0 Å². The molecule has 0 aromatic carbocycles. The van der Waals surface area contributed by atoms with Crippen LogP contribution in [-0.4, -0.2) is 48.9 Å². The van der Waals surface area contributed by atoms with Crippen molar-refractivity contribution in [3.63, 3.8) is 0 Å². The van der Waals surface area contributed by atoms with Crippen molar-refractivity contribution in [1.29, 1.82) is 0 Å². The fraction of sp³-hybridized carbons (Fsp3) is 0.875. The fourth-order valence-electron chi connectivity index (χ4n) is 2.75. The molecule has 0 aromatic heterocycles. The summed E-state index contributed by atoms with van der Waals surface area (Å²) < 4.78 is 0. The molecule has 1 aliphatic heterocycles. The Balaban J connectivity index is 1.60. The third-order valence-electron chi connectivity index (χ3n) is 4.40. The minimum Gasteiger partial charge on any atom is -0.356 e. The van der Waals surface area contributed by atoms with Crippen LogP contribution in [-0.2, 0) is 9.59 Å². The maximum Gasteiger partial charge on any atom is 0.223 e. The van der Waals surface area contributed by atoms with Gasteiger partial charge in [0.1, 0.15) is 0 Å². The molecule has 0 bridgehead atoms. The van der Waals surface area contributed by atoms with Crippen LogP contribution in [0.1, 0.15) is 51.9 Å². The van der Waals surface area contributed by atoms with Crippen LogP contribution in [0, 0.1) is 5.92 Å². The molecule has 2 N–H and O–H groups in total. The van der Waals surface area contributed by atoms with Crippen LogP contribution in [0.25, 0.3) is 0 Å². The molecule has 2 aliphatic rings. The SMILES string of the molecule is CCCCNC(=O)C1CCN(C(=O)CCNC2CC2)CC1. The minimum absolute atomic E-state index is 0.0931. The van der Waals surface area contributed by atoms with Gasteiger partial charge in [-0.25, -0.2) is 0 Å². The van der Waals surface area contributed by atoms with Gasteiger partial charge in [0, 0.05) is 44.6 Å². The molecule has 0 radical (unpaired) electrons. The van der Waals surface area contributed by atoms with Crippen LogP contribution in [0.4, 0.5) is 0 Å². The van der Waals surface area contributed by atoms with E-state index in [-0.39, 0.29) is 17.7 Å². The Bertz CT molecular complexity index is 347. The second-order valence-electron chi connectivity index (χ2n) is 6.28. The highest BCUT2D eigenvalue weighted by Crippen LogP contribution is 2.19. The standard InChI is InChI=1S/C16H29N3O2/c1-2-3-9-18-16(21)13-7-11-19(12-8-13)15(20)6-10-17-14-4-5-14/h13-14,17H,2-12H2,1H3,(H,18,21). The van der Waals surface area contributed by atoms with Gasteiger partial charge in [0.05, 0.1) is 0 Å². The van der Waals surface area contributed by atoms with Gasteiger partial charge in [-0.3, -0.25) is 9.59 Å². The Hall–Kier alpha value is -1.10. The van der Waals surface area contributed by atoms with E-state index in [0.29, 0.717) is 12.5 Å². The number of hydrogen-bond acceptors (Lipinski definition) is 3. The monoisotopic (exact) mass is 295 g/mol. The van der Waals surface area contributed by atoms with Gasteiger partial charge in [-0.15, -0.1) is 0 Å². The molecular weight excluding hydrogens is 266 g/mol. The summed E-state index contributed by atoms with van der Waals surface area (Å²) in [7, 11) is 0. The zero-order valence-corrected chi connectivity index (χ0v) is 13.2. The highest BCUT2D eigenvalue weighted by Gasteiger charge is 2.27. The van der Waals surface area contributed by atoms with Crippen molar-refractivity contribution in [1.82, 2.24) is 15.5 Å². The minimum atomic E-state index is 0.0931. The Labute approximate surface area is 127 Å². The van der Waals surface area contributed by atoms with Gasteiger partial charge < -0.3 is 15.5 Å². The normalized spacial score (nSPS) is 19.6. The number of likely N-dealkylation sites (tertiary alicyclic amines) is 1. The summed E-state index contributed by atoms with van der Waals surface area (Å²) in [6.45, 7) is 5.15. The topological polar surface area (TPSA) is 61.4 Å². The summed E-state index contributed by atoms with van der Waals surface area (Å²) >= 11 is 0. The molecule has 21 heavy (non-hydrogen) atoms. The number of hydrogen-bond donors (Lipinski definition) is 2. The first-order valence-electron chi connectivity index (χ1n) is 8.49. The lowest BCUT2D eigenvalue weighted by Crippen LogP contribution is -2.43. The summed E-state index contributed by atoms with van der Waals surface area (Å²) in [5.41, 5.74) is 0. The van der Waals surface area contributed by atoms with Crippen molar-refractivity contribution in [3.05, 3.63) is 0 Å². The Morgan fingerprint density at radius 3 is 2.43 bits per heavy atom. The van der Waals surface area contributed by atoms with Crippen molar-refractivity contribution in [2.45, 2.75) is 57.9 Å². The molecule has 0 atom stereocenters. The van der Waals surface area contributed by atoms with Crippen molar-refractivity contribution >= 4 is 11.8 Å². The molecule has 0 aromatic rings. The van der Waals surface area contributed by atoms with E-state index in [9.17, 15) is 9.59 Å². The second-order valence-corrected chi connectivity index (χ2v) is 6.28. The summed E-state index contributed by atoms with van der Waals surface area (Å²) in [4.78, 5) is 26.0. The zero-order valence-electron chi connectivity index (χ0n) is 13.2. The molecule has 5 heteroatoms. The predicted molar refractivity (Wildman–Crippen MR) is 82.9 cm³/mol. The van der Waals surface area contributed by atoms with Crippen LogP contribution in [0.3, 0.4) is 0 Å². The van der Waals surface area contributed by atoms with E-state index < -0.39 is 0 Å². The van der Waals surface area contributed by atoms with Gasteiger partial charge in [-0.1, -0.05) is 13.3 Å². The van der Waals surface area contributed by atoms with E-state index in [0.717, 1.165) is 51.9 Å².